The number of rotatable bonds is 11. The molecule has 1 unspecified atom stereocenters. The van der Waals surface area contributed by atoms with Gasteiger partial charge in [-0.1, -0.05) is 88.4 Å². The molecule has 0 aliphatic carbocycles. The van der Waals surface area contributed by atoms with E-state index in [1.165, 1.54) is 56.1 Å². The number of hydrogen-bond acceptors (Lipinski definition) is 0. The van der Waals surface area contributed by atoms with Gasteiger partial charge in [0.15, 0.2) is 0 Å². The first-order valence-corrected chi connectivity index (χ1v) is 8.49. The predicted molar refractivity (Wildman–Crippen MR) is 91.1 cm³/mol. The molecule has 0 nitrogen and oxygen atoms in total. The first kappa shape index (κ1) is 17.0. The van der Waals surface area contributed by atoms with Crippen LogP contribution in [0.4, 0.5) is 0 Å². The molecule has 0 aliphatic heterocycles. The molecule has 0 N–H and O–H groups in total. The van der Waals surface area contributed by atoms with Gasteiger partial charge < -0.3 is 0 Å². The summed E-state index contributed by atoms with van der Waals surface area (Å²) in [4.78, 5) is 0. The zero-order valence-electron chi connectivity index (χ0n) is 13.5. The third-order valence-corrected chi connectivity index (χ3v) is 4.22. The van der Waals surface area contributed by atoms with Crippen molar-refractivity contribution in [2.75, 3.05) is 0 Å². The van der Waals surface area contributed by atoms with Gasteiger partial charge in [0.1, 0.15) is 0 Å². The first-order valence-electron chi connectivity index (χ1n) is 8.49. The van der Waals surface area contributed by atoms with Crippen molar-refractivity contribution in [2.45, 2.75) is 71.6 Å². The summed E-state index contributed by atoms with van der Waals surface area (Å²) in [6.07, 6.45) is 11.7. The maximum atomic E-state index is 4.40. The van der Waals surface area contributed by atoms with Gasteiger partial charge in [0, 0.05) is 0 Å². The minimum atomic E-state index is 0.755. The first-order chi connectivity index (χ1) is 9.77. The van der Waals surface area contributed by atoms with Gasteiger partial charge in [0.05, 0.1) is 0 Å². The van der Waals surface area contributed by atoms with Gasteiger partial charge in [-0.25, -0.2) is 0 Å². The summed E-state index contributed by atoms with van der Waals surface area (Å²) in [5.74, 6) is 0.755. The zero-order valence-corrected chi connectivity index (χ0v) is 13.5. The lowest BCUT2D eigenvalue weighted by Gasteiger charge is -2.19. The maximum Gasteiger partial charge on any atom is -0.0206 e. The summed E-state index contributed by atoms with van der Waals surface area (Å²) in [7, 11) is 0. The van der Waals surface area contributed by atoms with E-state index in [-0.39, 0.29) is 0 Å². The summed E-state index contributed by atoms with van der Waals surface area (Å²) in [5, 5.41) is 0. The van der Waals surface area contributed by atoms with E-state index in [2.05, 4.69) is 50.8 Å². The Kier molecular flexibility index (Phi) is 9.11. The third-order valence-electron chi connectivity index (χ3n) is 4.22. The monoisotopic (exact) mass is 272 g/mol. The molecule has 0 amide bonds. The maximum absolute atomic E-state index is 4.40. The van der Waals surface area contributed by atoms with E-state index in [9.17, 15) is 0 Å². The van der Waals surface area contributed by atoms with E-state index in [4.69, 9.17) is 0 Å². The lowest BCUT2D eigenvalue weighted by molar-refractivity contribution is 0.458. The molecule has 1 atom stereocenters. The molecule has 0 aliphatic rings. The second-order valence-electron chi connectivity index (χ2n) is 5.98. The molecular formula is C20H32. The predicted octanol–water partition coefficient (Wildman–Crippen LogP) is 6.56. The van der Waals surface area contributed by atoms with E-state index in [1.807, 2.05) is 0 Å². The third kappa shape index (κ3) is 6.93. The van der Waals surface area contributed by atoms with Gasteiger partial charge in [0.25, 0.3) is 0 Å². The molecule has 0 spiro atoms. The Morgan fingerprint density at radius 1 is 0.950 bits per heavy atom. The fourth-order valence-electron chi connectivity index (χ4n) is 2.80. The van der Waals surface area contributed by atoms with Crippen molar-refractivity contribution in [3.8, 4) is 0 Å². The van der Waals surface area contributed by atoms with Crippen LogP contribution in [0.2, 0.25) is 0 Å². The molecule has 0 aromatic heterocycles. The SMILES string of the molecule is C=C(CCc1ccccc1)C(CCCC)CCCCC. The average Bonchev–Trinajstić information content (AvgIpc) is 2.49. The highest BCUT2D eigenvalue weighted by molar-refractivity contribution is 5.16. The Hall–Kier alpha value is -1.04. The van der Waals surface area contributed by atoms with E-state index >= 15 is 0 Å². The highest BCUT2D eigenvalue weighted by Crippen LogP contribution is 2.26. The molecule has 0 radical (unpaired) electrons. The van der Waals surface area contributed by atoms with Gasteiger partial charge in [0.2, 0.25) is 0 Å². The van der Waals surface area contributed by atoms with Crippen molar-refractivity contribution in [1.82, 2.24) is 0 Å². The highest BCUT2D eigenvalue weighted by atomic mass is 14.2. The van der Waals surface area contributed by atoms with Crippen molar-refractivity contribution in [3.05, 3.63) is 48.0 Å². The van der Waals surface area contributed by atoms with Crippen molar-refractivity contribution in [1.29, 1.82) is 0 Å². The topological polar surface area (TPSA) is 0 Å². The van der Waals surface area contributed by atoms with Crippen LogP contribution in [0.1, 0.15) is 70.8 Å². The number of aryl methyl sites for hydroxylation is 1. The van der Waals surface area contributed by atoms with E-state index in [1.54, 1.807) is 0 Å². The summed E-state index contributed by atoms with van der Waals surface area (Å²) in [6.45, 7) is 8.97. The second kappa shape index (κ2) is 10.7. The van der Waals surface area contributed by atoms with Gasteiger partial charge in [-0.2, -0.15) is 0 Å². The Balaban J connectivity index is 2.40. The van der Waals surface area contributed by atoms with Crippen LogP contribution in [0.5, 0.6) is 0 Å². The molecule has 0 fully saturated rings. The van der Waals surface area contributed by atoms with Crippen molar-refractivity contribution in [2.24, 2.45) is 5.92 Å². The quantitative estimate of drug-likeness (QED) is 0.316. The smallest absolute Gasteiger partial charge is 0.0206 e. The van der Waals surface area contributed by atoms with Crippen LogP contribution < -0.4 is 0 Å². The zero-order chi connectivity index (χ0) is 14.6. The van der Waals surface area contributed by atoms with Crippen LogP contribution in [-0.2, 0) is 6.42 Å². The lowest BCUT2D eigenvalue weighted by atomic mass is 9.86. The van der Waals surface area contributed by atoms with Crippen LogP contribution in [-0.4, -0.2) is 0 Å². The largest absolute Gasteiger partial charge is 0.0996 e. The minimum Gasteiger partial charge on any atom is -0.0996 e. The van der Waals surface area contributed by atoms with Gasteiger partial charge in [-0.3, -0.25) is 0 Å². The fraction of sp³-hybridized carbons (Fsp3) is 0.600. The van der Waals surface area contributed by atoms with Crippen molar-refractivity contribution < 1.29 is 0 Å². The van der Waals surface area contributed by atoms with Crippen LogP contribution in [0.3, 0.4) is 0 Å². The van der Waals surface area contributed by atoms with Crippen LogP contribution in [0.15, 0.2) is 42.5 Å². The number of benzene rings is 1. The normalized spacial score (nSPS) is 12.3. The summed E-state index contributed by atoms with van der Waals surface area (Å²) in [6, 6.07) is 10.8. The standard InChI is InChI=1S/C20H32/c1-4-6-9-15-20(14-7-5-2)18(3)16-17-19-12-10-8-11-13-19/h8,10-13,20H,3-7,9,14-17H2,1-2H3. The molecule has 1 aromatic carbocycles. The summed E-state index contributed by atoms with van der Waals surface area (Å²) < 4.78 is 0. The molecular weight excluding hydrogens is 240 g/mol. The Labute approximate surface area is 126 Å². The van der Waals surface area contributed by atoms with Gasteiger partial charge in [-0.15, -0.1) is 0 Å². The summed E-state index contributed by atoms with van der Waals surface area (Å²) >= 11 is 0. The molecule has 20 heavy (non-hydrogen) atoms. The molecule has 0 saturated carbocycles. The number of hydrogen-bond donors (Lipinski definition) is 0. The Bertz CT molecular complexity index is 350. The molecule has 1 rings (SSSR count). The lowest BCUT2D eigenvalue weighted by Crippen LogP contribution is -2.05. The van der Waals surface area contributed by atoms with Gasteiger partial charge in [-0.05, 0) is 37.2 Å². The van der Waals surface area contributed by atoms with E-state index in [0.717, 1.165) is 18.8 Å². The molecule has 0 heterocycles. The van der Waals surface area contributed by atoms with Crippen LogP contribution >= 0.6 is 0 Å². The van der Waals surface area contributed by atoms with E-state index < -0.39 is 0 Å². The molecule has 0 saturated heterocycles. The second-order valence-corrected chi connectivity index (χ2v) is 5.98. The molecule has 0 bridgehead atoms. The number of allylic oxidation sites excluding steroid dienone is 1. The molecule has 1 aromatic rings. The Morgan fingerprint density at radius 3 is 2.25 bits per heavy atom. The Morgan fingerprint density at radius 2 is 1.60 bits per heavy atom. The van der Waals surface area contributed by atoms with Gasteiger partial charge >= 0.3 is 0 Å². The van der Waals surface area contributed by atoms with Crippen LogP contribution in [0.25, 0.3) is 0 Å². The fourth-order valence-corrected chi connectivity index (χ4v) is 2.80. The van der Waals surface area contributed by atoms with Crippen molar-refractivity contribution >= 4 is 0 Å². The number of unbranched alkanes of at least 4 members (excludes halogenated alkanes) is 3. The molecule has 112 valence electrons. The molecule has 0 heteroatoms. The highest BCUT2D eigenvalue weighted by Gasteiger charge is 2.12. The average molecular weight is 272 g/mol. The summed E-state index contributed by atoms with van der Waals surface area (Å²) in [5.41, 5.74) is 2.93. The minimum absolute atomic E-state index is 0.755. The van der Waals surface area contributed by atoms with Crippen LogP contribution in [0, 0.1) is 5.92 Å². The van der Waals surface area contributed by atoms with E-state index in [0.29, 0.717) is 0 Å². The van der Waals surface area contributed by atoms with Crippen molar-refractivity contribution in [3.63, 3.8) is 0 Å².